The second-order valence-electron chi connectivity index (χ2n) is 6.95. The number of carbonyl (C=O) groups is 1. The van der Waals surface area contributed by atoms with Gasteiger partial charge in [0.05, 0.1) is 12.2 Å². The second-order valence-corrected chi connectivity index (χ2v) is 6.95. The lowest BCUT2D eigenvalue weighted by molar-refractivity contribution is -0.125. The third kappa shape index (κ3) is 3.44. The van der Waals surface area contributed by atoms with E-state index < -0.39 is 0 Å². The monoisotopic (exact) mass is 339 g/mol. The number of carbonyl (C=O) groups excluding carboxylic acids is 1. The van der Waals surface area contributed by atoms with Gasteiger partial charge in [0.15, 0.2) is 5.65 Å². The SMILES string of the molecule is O=C(NCCn1nc([C@H]2CCNC2)c2cccnc21)[C@@H]1CC=CCC1. The number of fused-ring (bicyclic) bond motifs is 1. The van der Waals surface area contributed by atoms with Crippen molar-refractivity contribution in [2.45, 2.75) is 38.1 Å². The van der Waals surface area contributed by atoms with Crippen LogP contribution in [-0.4, -0.2) is 40.3 Å². The number of nitrogens with one attached hydrogen (secondary N) is 2. The first-order chi connectivity index (χ1) is 12.3. The molecule has 0 saturated carbocycles. The molecular formula is C19H25N5O. The van der Waals surface area contributed by atoms with Crippen LogP contribution in [0.1, 0.15) is 37.3 Å². The summed E-state index contributed by atoms with van der Waals surface area (Å²) in [5.41, 5.74) is 2.05. The average Bonchev–Trinajstić information content (AvgIpc) is 3.30. The molecule has 2 atom stereocenters. The molecule has 2 aliphatic rings. The number of pyridine rings is 1. The van der Waals surface area contributed by atoms with Gasteiger partial charge in [0, 0.05) is 36.5 Å². The molecule has 2 N–H and O–H groups in total. The maximum absolute atomic E-state index is 12.3. The van der Waals surface area contributed by atoms with Gasteiger partial charge in [0.2, 0.25) is 5.91 Å². The third-order valence-corrected chi connectivity index (χ3v) is 5.25. The maximum Gasteiger partial charge on any atom is 0.223 e. The van der Waals surface area contributed by atoms with Crippen LogP contribution in [0.5, 0.6) is 0 Å². The van der Waals surface area contributed by atoms with E-state index in [1.54, 1.807) is 0 Å². The lowest BCUT2D eigenvalue weighted by Crippen LogP contribution is -2.33. The Balaban J connectivity index is 1.44. The highest BCUT2D eigenvalue weighted by Gasteiger charge is 2.23. The molecule has 0 bridgehead atoms. The number of amides is 1. The Hall–Kier alpha value is -2.21. The molecule has 1 aliphatic heterocycles. The number of nitrogens with zero attached hydrogens (tertiary/aromatic N) is 3. The van der Waals surface area contributed by atoms with Crippen LogP contribution in [0.4, 0.5) is 0 Å². The number of rotatable bonds is 5. The van der Waals surface area contributed by atoms with Crippen molar-refractivity contribution in [2.24, 2.45) is 5.92 Å². The van der Waals surface area contributed by atoms with Crippen molar-refractivity contribution in [3.8, 4) is 0 Å². The lowest BCUT2D eigenvalue weighted by Gasteiger charge is -2.17. The van der Waals surface area contributed by atoms with E-state index in [1.165, 1.54) is 0 Å². The number of aromatic nitrogens is 3. The molecule has 2 aromatic heterocycles. The molecule has 6 nitrogen and oxygen atoms in total. The van der Waals surface area contributed by atoms with Crippen molar-refractivity contribution in [3.63, 3.8) is 0 Å². The van der Waals surface area contributed by atoms with Crippen LogP contribution in [0.3, 0.4) is 0 Å². The smallest absolute Gasteiger partial charge is 0.223 e. The molecule has 6 heteroatoms. The first-order valence-corrected chi connectivity index (χ1v) is 9.28. The standard InChI is InChI=1S/C19H25N5O/c25-19(14-5-2-1-3-6-14)22-11-12-24-18-16(7-4-9-21-18)17(23-24)15-8-10-20-13-15/h1-2,4,7,9,14-15,20H,3,5-6,8,10-13H2,(H,22,25)/t14-,15+/m1/s1. The fraction of sp³-hybridized carbons (Fsp3) is 0.526. The molecule has 0 spiro atoms. The molecule has 1 amide bonds. The van der Waals surface area contributed by atoms with E-state index in [0.29, 0.717) is 19.0 Å². The quantitative estimate of drug-likeness (QED) is 0.817. The van der Waals surface area contributed by atoms with Crippen molar-refractivity contribution in [2.75, 3.05) is 19.6 Å². The zero-order chi connectivity index (χ0) is 17.1. The van der Waals surface area contributed by atoms with E-state index >= 15 is 0 Å². The van der Waals surface area contributed by atoms with Gasteiger partial charge in [0.1, 0.15) is 0 Å². The van der Waals surface area contributed by atoms with Crippen LogP contribution in [-0.2, 0) is 11.3 Å². The van der Waals surface area contributed by atoms with Gasteiger partial charge in [-0.3, -0.25) is 4.79 Å². The zero-order valence-corrected chi connectivity index (χ0v) is 14.4. The minimum absolute atomic E-state index is 0.123. The van der Waals surface area contributed by atoms with Crippen LogP contribution in [0.2, 0.25) is 0 Å². The van der Waals surface area contributed by atoms with Crippen molar-refractivity contribution in [1.29, 1.82) is 0 Å². The maximum atomic E-state index is 12.3. The van der Waals surface area contributed by atoms with Crippen molar-refractivity contribution < 1.29 is 4.79 Å². The molecule has 0 radical (unpaired) electrons. The third-order valence-electron chi connectivity index (χ3n) is 5.25. The first-order valence-electron chi connectivity index (χ1n) is 9.28. The Morgan fingerprint density at radius 2 is 2.32 bits per heavy atom. The number of hydrogen-bond acceptors (Lipinski definition) is 4. The minimum Gasteiger partial charge on any atom is -0.354 e. The van der Waals surface area contributed by atoms with Gasteiger partial charge in [-0.15, -0.1) is 0 Å². The molecular weight excluding hydrogens is 314 g/mol. The Labute approximate surface area is 147 Å². The van der Waals surface area contributed by atoms with Crippen molar-refractivity contribution in [1.82, 2.24) is 25.4 Å². The molecule has 0 unspecified atom stereocenters. The minimum atomic E-state index is 0.123. The highest BCUT2D eigenvalue weighted by molar-refractivity contribution is 5.79. The summed E-state index contributed by atoms with van der Waals surface area (Å²) in [6, 6.07) is 4.07. The number of allylic oxidation sites excluding steroid dienone is 2. The molecule has 0 aromatic carbocycles. The Kier molecular flexibility index (Phi) is 4.78. The molecule has 132 valence electrons. The Morgan fingerprint density at radius 1 is 1.36 bits per heavy atom. The van der Waals surface area contributed by atoms with Crippen LogP contribution >= 0.6 is 0 Å². The van der Waals surface area contributed by atoms with Gasteiger partial charge < -0.3 is 10.6 Å². The molecule has 1 saturated heterocycles. The fourth-order valence-corrected chi connectivity index (χ4v) is 3.84. The van der Waals surface area contributed by atoms with E-state index in [9.17, 15) is 4.79 Å². The Morgan fingerprint density at radius 3 is 3.12 bits per heavy atom. The van der Waals surface area contributed by atoms with E-state index in [-0.39, 0.29) is 11.8 Å². The molecule has 1 aliphatic carbocycles. The van der Waals surface area contributed by atoms with E-state index in [0.717, 1.165) is 55.5 Å². The topological polar surface area (TPSA) is 71.8 Å². The van der Waals surface area contributed by atoms with E-state index in [2.05, 4.69) is 33.8 Å². The summed E-state index contributed by atoms with van der Waals surface area (Å²) in [5.74, 6) is 0.739. The largest absolute Gasteiger partial charge is 0.354 e. The zero-order valence-electron chi connectivity index (χ0n) is 14.4. The van der Waals surface area contributed by atoms with Gasteiger partial charge in [-0.25, -0.2) is 9.67 Å². The van der Waals surface area contributed by atoms with E-state index in [1.807, 2.05) is 16.9 Å². The van der Waals surface area contributed by atoms with Crippen LogP contribution in [0.25, 0.3) is 11.0 Å². The van der Waals surface area contributed by atoms with Gasteiger partial charge in [-0.1, -0.05) is 12.2 Å². The summed E-state index contributed by atoms with van der Waals surface area (Å²) >= 11 is 0. The van der Waals surface area contributed by atoms with Gasteiger partial charge in [-0.2, -0.15) is 5.10 Å². The lowest BCUT2D eigenvalue weighted by atomic mass is 9.94. The summed E-state index contributed by atoms with van der Waals surface area (Å²) in [4.78, 5) is 16.8. The summed E-state index contributed by atoms with van der Waals surface area (Å²) < 4.78 is 1.95. The highest BCUT2D eigenvalue weighted by Crippen LogP contribution is 2.27. The predicted molar refractivity (Wildman–Crippen MR) is 97.2 cm³/mol. The van der Waals surface area contributed by atoms with Crippen LogP contribution in [0.15, 0.2) is 30.5 Å². The Bertz CT molecular complexity index is 775. The van der Waals surface area contributed by atoms with Gasteiger partial charge in [-0.05, 0) is 44.4 Å². The van der Waals surface area contributed by atoms with Gasteiger partial charge in [0.25, 0.3) is 0 Å². The molecule has 3 heterocycles. The first kappa shape index (κ1) is 16.3. The summed E-state index contributed by atoms with van der Waals surface area (Å²) in [6.45, 7) is 3.27. The average molecular weight is 339 g/mol. The highest BCUT2D eigenvalue weighted by atomic mass is 16.1. The predicted octanol–water partition coefficient (Wildman–Crippen LogP) is 1.98. The summed E-state index contributed by atoms with van der Waals surface area (Å²) in [7, 11) is 0. The second kappa shape index (κ2) is 7.35. The van der Waals surface area contributed by atoms with Crippen LogP contribution < -0.4 is 10.6 Å². The summed E-state index contributed by atoms with van der Waals surface area (Å²) in [6.07, 6.45) is 10.0. The van der Waals surface area contributed by atoms with E-state index in [4.69, 9.17) is 5.10 Å². The molecule has 1 fully saturated rings. The molecule has 25 heavy (non-hydrogen) atoms. The number of hydrogen-bond donors (Lipinski definition) is 2. The van der Waals surface area contributed by atoms with Crippen molar-refractivity contribution >= 4 is 16.9 Å². The normalized spacial score (nSPS) is 23.2. The molecule has 2 aromatic rings. The summed E-state index contributed by atoms with van der Waals surface area (Å²) in [5, 5.41) is 12.4. The van der Waals surface area contributed by atoms with Crippen LogP contribution in [0, 0.1) is 5.92 Å². The van der Waals surface area contributed by atoms with Crippen molar-refractivity contribution in [3.05, 3.63) is 36.2 Å². The fourth-order valence-electron chi connectivity index (χ4n) is 3.84. The molecule has 4 rings (SSSR count). The van der Waals surface area contributed by atoms with Gasteiger partial charge >= 0.3 is 0 Å².